The summed E-state index contributed by atoms with van der Waals surface area (Å²) in [5, 5.41) is 0. The standard InChI is InChI=1S/C10H17NO/c1-2-3-4-8-12-10-7-5-6-9(10)11/h9-10H,4-8,11H2,1H3. The van der Waals surface area contributed by atoms with Crippen molar-refractivity contribution in [3.05, 3.63) is 0 Å². The molecule has 0 saturated heterocycles. The average Bonchev–Trinajstić information content (AvgIpc) is 2.46. The molecule has 1 fully saturated rings. The second kappa shape index (κ2) is 5.18. The van der Waals surface area contributed by atoms with Crippen LogP contribution in [0.1, 0.15) is 32.6 Å². The van der Waals surface area contributed by atoms with Crippen molar-refractivity contribution in [2.75, 3.05) is 6.61 Å². The van der Waals surface area contributed by atoms with E-state index in [2.05, 4.69) is 11.8 Å². The minimum Gasteiger partial charge on any atom is -0.376 e. The Hall–Kier alpha value is -0.520. The summed E-state index contributed by atoms with van der Waals surface area (Å²) in [5.74, 6) is 5.81. The number of nitrogens with two attached hydrogens (primary N) is 1. The lowest BCUT2D eigenvalue weighted by molar-refractivity contribution is 0.0521. The second-order valence-corrected chi connectivity index (χ2v) is 3.18. The summed E-state index contributed by atoms with van der Waals surface area (Å²) in [4.78, 5) is 0. The first kappa shape index (κ1) is 9.57. The molecule has 68 valence electrons. The van der Waals surface area contributed by atoms with Crippen LogP contribution in [0.3, 0.4) is 0 Å². The van der Waals surface area contributed by atoms with Crippen molar-refractivity contribution in [3.63, 3.8) is 0 Å². The number of rotatable bonds is 3. The Bertz CT molecular complexity index is 180. The van der Waals surface area contributed by atoms with Crippen molar-refractivity contribution in [1.82, 2.24) is 0 Å². The van der Waals surface area contributed by atoms with Crippen LogP contribution in [0.4, 0.5) is 0 Å². The molecule has 1 saturated carbocycles. The third-order valence-electron chi connectivity index (χ3n) is 2.24. The van der Waals surface area contributed by atoms with Gasteiger partial charge in [0.15, 0.2) is 0 Å². The van der Waals surface area contributed by atoms with Gasteiger partial charge in [-0.2, -0.15) is 0 Å². The van der Waals surface area contributed by atoms with Gasteiger partial charge in [-0.05, 0) is 26.2 Å². The fourth-order valence-electron chi connectivity index (χ4n) is 1.55. The molecule has 12 heavy (non-hydrogen) atoms. The highest BCUT2D eigenvalue weighted by molar-refractivity contribution is 4.94. The summed E-state index contributed by atoms with van der Waals surface area (Å²) in [6.07, 6.45) is 4.58. The molecule has 1 rings (SSSR count). The Morgan fingerprint density at radius 2 is 2.33 bits per heavy atom. The van der Waals surface area contributed by atoms with Crippen molar-refractivity contribution >= 4 is 0 Å². The van der Waals surface area contributed by atoms with Crippen LogP contribution in [-0.2, 0) is 4.74 Å². The molecule has 0 amide bonds. The Morgan fingerprint density at radius 3 is 2.92 bits per heavy atom. The van der Waals surface area contributed by atoms with E-state index in [1.807, 2.05) is 6.92 Å². The molecule has 1 aliphatic rings. The van der Waals surface area contributed by atoms with Gasteiger partial charge in [-0.15, -0.1) is 11.8 Å². The Kier molecular flexibility index (Phi) is 4.13. The van der Waals surface area contributed by atoms with Crippen LogP contribution in [0.25, 0.3) is 0 Å². The van der Waals surface area contributed by atoms with E-state index < -0.39 is 0 Å². The molecule has 0 spiro atoms. The summed E-state index contributed by atoms with van der Waals surface area (Å²) < 4.78 is 5.59. The quantitative estimate of drug-likeness (QED) is 0.508. The smallest absolute Gasteiger partial charge is 0.0726 e. The molecule has 0 aromatic carbocycles. The zero-order chi connectivity index (χ0) is 8.81. The molecule has 0 aromatic rings. The van der Waals surface area contributed by atoms with Gasteiger partial charge >= 0.3 is 0 Å². The zero-order valence-corrected chi connectivity index (χ0v) is 7.68. The lowest BCUT2D eigenvalue weighted by Gasteiger charge is -2.14. The highest BCUT2D eigenvalue weighted by Crippen LogP contribution is 2.20. The third-order valence-corrected chi connectivity index (χ3v) is 2.24. The minimum absolute atomic E-state index is 0.264. The molecular formula is C10H17NO. The average molecular weight is 167 g/mol. The monoisotopic (exact) mass is 167 g/mol. The molecule has 2 heteroatoms. The summed E-state index contributed by atoms with van der Waals surface area (Å²) in [5.41, 5.74) is 5.83. The van der Waals surface area contributed by atoms with E-state index in [4.69, 9.17) is 10.5 Å². The van der Waals surface area contributed by atoms with Crippen LogP contribution in [0.5, 0.6) is 0 Å². The number of ether oxygens (including phenoxy) is 1. The molecule has 2 atom stereocenters. The van der Waals surface area contributed by atoms with Crippen LogP contribution in [-0.4, -0.2) is 18.8 Å². The van der Waals surface area contributed by atoms with Gasteiger partial charge in [-0.3, -0.25) is 0 Å². The van der Waals surface area contributed by atoms with Crippen molar-refractivity contribution < 1.29 is 4.74 Å². The van der Waals surface area contributed by atoms with Crippen molar-refractivity contribution in [2.24, 2.45) is 5.73 Å². The molecule has 0 aromatic heterocycles. The van der Waals surface area contributed by atoms with E-state index in [-0.39, 0.29) is 6.04 Å². The Morgan fingerprint density at radius 1 is 1.50 bits per heavy atom. The number of hydrogen-bond acceptors (Lipinski definition) is 2. The summed E-state index contributed by atoms with van der Waals surface area (Å²) >= 11 is 0. The zero-order valence-electron chi connectivity index (χ0n) is 7.68. The molecular weight excluding hydrogens is 150 g/mol. The Labute approximate surface area is 74.5 Å². The maximum Gasteiger partial charge on any atom is 0.0726 e. The maximum absolute atomic E-state index is 5.83. The SMILES string of the molecule is CC#CCCOC1CCCC1N. The van der Waals surface area contributed by atoms with Gasteiger partial charge in [0.05, 0.1) is 12.7 Å². The van der Waals surface area contributed by atoms with E-state index in [0.29, 0.717) is 6.10 Å². The molecule has 0 radical (unpaired) electrons. The normalized spacial score (nSPS) is 28.2. The highest BCUT2D eigenvalue weighted by Gasteiger charge is 2.23. The second-order valence-electron chi connectivity index (χ2n) is 3.18. The van der Waals surface area contributed by atoms with Crippen molar-refractivity contribution in [3.8, 4) is 11.8 Å². The summed E-state index contributed by atoms with van der Waals surface area (Å²) in [7, 11) is 0. The molecule has 0 aliphatic heterocycles. The van der Waals surface area contributed by atoms with E-state index in [0.717, 1.165) is 25.9 Å². The molecule has 2 nitrogen and oxygen atoms in total. The molecule has 0 heterocycles. The van der Waals surface area contributed by atoms with Gasteiger partial charge in [0.1, 0.15) is 0 Å². The molecule has 1 aliphatic carbocycles. The van der Waals surface area contributed by atoms with Crippen LogP contribution in [0.2, 0.25) is 0 Å². The van der Waals surface area contributed by atoms with Gasteiger partial charge in [-0.25, -0.2) is 0 Å². The van der Waals surface area contributed by atoms with E-state index in [1.54, 1.807) is 0 Å². The molecule has 0 bridgehead atoms. The predicted octanol–water partition coefficient (Wildman–Crippen LogP) is 1.30. The van der Waals surface area contributed by atoms with Gasteiger partial charge in [0.2, 0.25) is 0 Å². The lowest BCUT2D eigenvalue weighted by atomic mass is 10.2. The highest BCUT2D eigenvalue weighted by atomic mass is 16.5. The van der Waals surface area contributed by atoms with Crippen LogP contribution >= 0.6 is 0 Å². The van der Waals surface area contributed by atoms with E-state index in [1.165, 1.54) is 6.42 Å². The van der Waals surface area contributed by atoms with E-state index in [9.17, 15) is 0 Å². The molecule has 2 unspecified atom stereocenters. The number of hydrogen-bond donors (Lipinski definition) is 1. The Balaban J connectivity index is 2.08. The van der Waals surface area contributed by atoms with Crippen molar-refractivity contribution in [1.29, 1.82) is 0 Å². The largest absolute Gasteiger partial charge is 0.376 e. The van der Waals surface area contributed by atoms with Gasteiger partial charge in [0, 0.05) is 12.5 Å². The predicted molar refractivity (Wildman–Crippen MR) is 49.6 cm³/mol. The molecule has 2 N–H and O–H groups in total. The fraction of sp³-hybridized carbons (Fsp3) is 0.800. The first-order valence-electron chi connectivity index (χ1n) is 4.61. The summed E-state index contributed by atoms with van der Waals surface area (Å²) in [6.45, 7) is 2.58. The first-order valence-corrected chi connectivity index (χ1v) is 4.61. The minimum atomic E-state index is 0.264. The third kappa shape index (κ3) is 2.84. The van der Waals surface area contributed by atoms with Gasteiger partial charge < -0.3 is 10.5 Å². The summed E-state index contributed by atoms with van der Waals surface area (Å²) in [6, 6.07) is 0.264. The van der Waals surface area contributed by atoms with E-state index >= 15 is 0 Å². The van der Waals surface area contributed by atoms with Crippen LogP contribution < -0.4 is 5.73 Å². The topological polar surface area (TPSA) is 35.2 Å². The van der Waals surface area contributed by atoms with Gasteiger partial charge in [-0.1, -0.05) is 0 Å². The lowest BCUT2D eigenvalue weighted by Crippen LogP contribution is -2.31. The van der Waals surface area contributed by atoms with Crippen LogP contribution in [0.15, 0.2) is 0 Å². The maximum atomic E-state index is 5.83. The van der Waals surface area contributed by atoms with Crippen molar-refractivity contribution in [2.45, 2.75) is 44.8 Å². The first-order chi connectivity index (χ1) is 5.84. The van der Waals surface area contributed by atoms with Gasteiger partial charge in [0.25, 0.3) is 0 Å². The fourth-order valence-corrected chi connectivity index (χ4v) is 1.55. The van der Waals surface area contributed by atoms with Crippen LogP contribution in [0, 0.1) is 11.8 Å².